The van der Waals surface area contributed by atoms with Crippen LogP contribution in [0.1, 0.15) is 11.3 Å². The predicted molar refractivity (Wildman–Crippen MR) is 88.5 cm³/mol. The number of nitrogens with one attached hydrogen (secondary N) is 2. The van der Waals surface area contributed by atoms with Gasteiger partial charge in [-0.2, -0.15) is 26.3 Å². The fraction of sp³-hybridized carbons (Fsp3) is 0.250. The number of halogens is 4. The van der Waals surface area contributed by atoms with E-state index in [0.29, 0.717) is 6.07 Å². The Kier molecular flexibility index (Phi) is 6.78. The summed E-state index contributed by atoms with van der Waals surface area (Å²) >= 11 is 5.53. The van der Waals surface area contributed by atoms with Crippen molar-refractivity contribution in [1.82, 2.24) is 20.5 Å². The van der Waals surface area contributed by atoms with Crippen LogP contribution in [0.2, 0.25) is 5.02 Å². The van der Waals surface area contributed by atoms with E-state index in [-0.39, 0.29) is 30.4 Å². The third kappa shape index (κ3) is 6.03. The second-order valence-electron chi connectivity index (χ2n) is 4.94. The Bertz CT molecular complexity index is 965. The Morgan fingerprint density at radius 1 is 1.39 bits per heavy atom. The first-order valence-electron chi connectivity index (χ1n) is 7.10. The standard InChI is InChI=1S/C12H12ClF3N6O5S/c13-8-2-1-6(5-7(8)12(14,15)16)19-10(20-23)9-11(22-27-21-9)26-4-3-18-28(17,24)25/h1-2,5,18,23H,3-4H2,(H,19,20)(H2,17,24,25). The molecule has 154 valence electrons. The number of amidine groups is 1. The van der Waals surface area contributed by atoms with Crippen molar-refractivity contribution in [3.63, 3.8) is 0 Å². The number of ether oxygens (including phenoxy) is 1. The Labute approximate surface area is 160 Å². The zero-order valence-electron chi connectivity index (χ0n) is 13.6. The van der Waals surface area contributed by atoms with E-state index in [1.807, 2.05) is 4.72 Å². The van der Waals surface area contributed by atoms with E-state index in [4.69, 9.17) is 21.5 Å². The molecule has 0 bridgehead atoms. The number of nitrogens with two attached hydrogens (primary N) is 1. The molecule has 28 heavy (non-hydrogen) atoms. The lowest BCUT2D eigenvalue weighted by Crippen LogP contribution is -2.34. The van der Waals surface area contributed by atoms with Crippen LogP contribution in [0.5, 0.6) is 5.88 Å². The molecule has 2 aromatic rings. The highest BCUT2D eigenvalue weighted by molar-refractivity contribution is 7.87. The zero-order chi connectivity index (χ0) is 20.9. The number of nitrogens with zero attached hydrogens (tertiary/aromatic N) is 3. The van der Waals surface area contributed by atoms with E-state index in [1.54, 1.807) is 5.48 Å². The number of aromatic nitrogens is 2. The first-order valence-corrected chi connectivity index (χ1v) is 9.02. The van der Waals surface area contributed by atoms with Crippen molar-refractivity contribution in [2.24, 2.45) is 10.1 Å². The van der Waals surface area contributed by atoms with E-state index in [2.05, 4.69) is 19.9 Å². The topological polar surface area (TPSA) is 165 Å². The Morgan fingerprint density at radius 3 is 2.71 bits per heavy atom. The number of hydroxylamine groups is 1. The molecule has 1 aromatic carbocycles. The molecule has 0 unspecified atom stereocenters. The van der Waals surface area contributed by atoms with E-state index in [0.717, 1.165) is 6.07 Å². The summed E-state index contributed by atoms with van der Waals surface area (Å²) in [6.07, 6.45) is -4.71. The molecule has 0 aliphatic rings. The van der Waals surface area contributed by atoms with Gasteiger partial charge in [-0.1, -0.05) is 11.6 Å². The monoisotopic (exact) mass is 444 g/mol. The molecule has 0 saturated carbocycles. The van der Waals surface area contributed by atoms with Gasteiger partial charge in [0, 0.05) is 6.54 Å². The van der Waals surface area contributed by atoms with Gasteiger partial charge in [0.15, 0.2) is 5.84 Å². The molecule has 1 aromatic heterocycles. The van der Waals surface area contributed by atoms with E-state index in [9.17, 15) is 26.8 Å². The molecule has 0 aliphatic carbocycles. The van der Waals surface area contributed by atoms with Gasteiger partial charge in [-0.3, -0.25) is 10.7 Å². The number of rotatable bonds is 7. The first-order chi connectivity index (χ1) is 13.0. The maximum absolute atomic E-state index is 12.9. The molecule has 2 rings (SSSR count). The van der Waals surface area contributed by atoms with Gasteiger partial charge < -0.3 is 4.74 Å². The molecule has 0 saturated heterocycles. The van der Waals surface area contributed by atoms with Gasteiger partial charge in [-0.25, -0.2) is 14.8 Å². The third-order valence-electron chi connectivity index (χ3n) is 2.93. The summed E-state index contributed by atoms with van der Waals surface area (Å²) in [5, 5.41) is 20.3. The van der Waals surface area contributed by atoms with Crippen LogP contribution in [-0.2, 0) is 16.4 Å². The summed E-state index contributed by atoms with van der Waals surface area (Å²) in [4.78, 5) is 3.79. The van der Waals surface area contributed by atoms with Crippen LogP contribution in [0.4, 0.5) is 18.9 Å². The summed E-state index contributed by atoms with van der Waals surface area (Å²) in [6.45, 7) is -0.480. The van der Waals surface area contributed by atoms with Crippen LogP contribution in [0.25, 0.3) is 0 Å². The molecule has 0 radical (unpaired) electrons. The van der Waals surface area contributed by atoms with Crippen molar-refractivity contribution in [3.8, 4) is 5.88 Å². The molecular weight excluding hydrogens is 433 g/mol. The van der Waals surface area contributed by atoms with Gasteiger partial charge in [0.05, 0.1) is 16.3 Å². The lowest BCUT2D eigenvalue weighted by molar-refractivity contribution is -0.137. The number of hydrogen-bond donors (Lipinski definition) is 4. The third-order valence-corrected chi connectivity index (χ3v) is 3.87. The van der Waals surface area contributed by atoms with Crippen LogP contribution in [-0.4, -0.2) is 42.9 Å². The maximum Gasteiger partial charge on any atom is 0.417 e. The van der Waals surface area contributed by atoms with Crippen LogP contribution >= 0.6 is 11.6 Å². The maximum atomic E-state index is 12.9. The fourth-order valence-corrected chi connectivity index (χ4v) is 2.40. The van der Waals surface area contributed by atoms with Gasteiger partial charge in [-0.05, 0) is 28.5 Å². The van der Waals surface area contributed by atoms with Gasteiger partial charge in [0.1, 0.15) is 6.61 Å². The van der Waals surface area contributed by atoms with Crippen molar-refractivity contribution < 1.29 is 36.2 Å². The predicted octanol–water partition coefficient (Wildman–Crippen LogP) is 0.971. The fourth-order valence-electron chi connectivity index (χ4n) is 1.81. The minimum atomic E-state index is -4.71. The van der Waals surface area contributed by atoms with E-state index in [1.165, 1.54) is 6.07 Å². The number of aliphatic imine (C=N–C) groups is 1. The lowest BCUT2D eigenvalue weighted by Gasteiger charge is -2.10. The zero-order valence-corrected chi connectivity index (χ0v) is 15.1. The quantitative estimate of drug-likeness (QED) is 0.212. The van der Waals surface area contributed by atoms with Crippen LogP contribution in [0.3, 0.4) is 0 Å². The summed E-state index contributed by atoms with van der Waals surface area (Å²) in [6, 6.07) is 2.80. The highest BCUT2D eigenvalue weighted by atomic mass is 35.5. The number of hydrogen-bond acceptors (Lipinski definition) is 8. The average molecular weight is 445 g/mol. The molecule has 11 nitrogen and oxygen atoms in total. The smallest absolute Gasteiger partial charge is 0.417 e. The summed E-state index contributed by atoms with van der Waals surface area (Å²) < 4.78 is 71.8. The number of benzene rings is 1. The van der Waals surface area contributed by atoms with E-state index < -0.39 is 32.8 Å². The summed E-state index contributed by atoms with van der Waals surface area (Å²) in [5.41, 5.74) is 0.000234. The molecule has 0 fully saturated rings. The van der Waals surface area contributed by atoms with Gasteiger partial charge in [-0.15, -0.1) is 0 Å². The average Bonchev–Trinajstić information content (AvgIpc) is 3.04. The molecule has 1 heterocycles. The Morgan fingerprint density at radius 2 is 2.11 bits per heavy atom. The van der Waals surface area contributed by atoms with Gasteiger partial charge >= 0.3 is 6.18 Å². The van der Waals surface area contributed by atoms with Crippen molar-refractivity contribution in [2.45, 2.75) is 6.18 Å². The molecule has 0 atom stereocenters. The Hall–Kier alpha value is -2.46. The minimum Gasteiger partial charge on any atom is -0.472 e. The molecule has 0 spiro atoms. The van der Waals surface area contributed by atoms with Crippen molar-refractivity contribution in [3.05, 3.63) is 34.5 Å². The van der Waals surface area contributed by atoms with Crippen LogP contribution < -0.4 is 20.1 Å². The highest BCUT2D eigenvalue weighted by Crippen LogP contribution is 2.36. The van der Waals surface area contributed by atoms with Crippen molar-refractivity contribution >= 4 is 33.3 Å². The number of alkyl halides is 3. The van der Waals surface area contributed by atoms with E-state index >= 15 is 0 Å². The normalized spacial score (nSPS) is 12.9. The second-order valence-corrected chi connectivity index (χ2v) is 6.73. The molecule has 16 heteroatoms. The lowest BCUT2D eigenvalue weighted by atomic mass is 10.2. The van der Waals surface area contributed by atoms with Crippen molar-refractivity contribution in [2.75, 3.05) is 13.2 Å². The Balaban J connectivity index is 2.24. The van der Waals surface area contributed by atoms with Gasteiger partial charge in [0.25, 0.3) is 16.1 Å². The molecule has 0 aliphatic heterocycles. The molecular formula is C12H12ClF3N6O5S. The summed E-state index contributed by atoms with van der Waals surface area (Å²) in [5.74, 6) is -0.771. The SMILES string of the molecule is NS(=O)(=O)NCCOc1nonc1C(=Nc1ccc(Cl)c(C(F)(F)F)c1)NO. The van der Waals surface area contributed by atoms with Gasteiger partial charge in [0.2, 0.25) is 5.69 Å². The van der Waals surface area contributed by atoms with Crippen LogP contribution in [0.15, 0.2) is 27.8 Å². The summed E-state index contributed by atoms with van der Waals surface area (Å²) in [7, 11) is -3.92. The van der Waals surface area contributed by atoms with Crippen molar-refractivity contribution in [1.29, 1.82) is 0 Å². The minimum absolute atomic E-state index is 0.224. The second kappa shape index (κ2) is 8.70. The largest absolute Gasteiger partial charge is 0.472 e. The molecule has 0 amide bonds. The molecule has 5 N–H and O–H groups in total. The first kappa shape index (κ1) is 21.8. The van der Waals surface area contributed by atoms with Crippen LogP contribution in [0, 0.1) is 0 Å². The highest BCUT2D eigenvalue weighted by Gasteiger charge is 2.33.